The number of rotatable bonds is 4. The Kier molecular flexibility index (Phi) is 3.40. The van der Waals surface area contributed by atoms with E-state index in [-0.39, 0.29) is 17.9 Å². The lowest BCUT2D eigenvalue weighted by Gasteiger charge is -2.06. The predicted octanol–water partition coefficient (Wildman–Crippen LogP) is 0.592. The van der Waals surface area contributed by atoms with Gasteiger partial charge in [-0.1, -0.05) is 0 Å². The largest absolute Gasteiger partial charge is 0.461 e. The number of aromatic nitrogens is 1. The number of carbonyl (C=O) groups excluding carboxylic acids is 1. The third-order valence-corrected chi connectivity index (χ3v) is 2.25. The molecule has 1 atom stereocenters. The molecule has 1 fully saturated rings. The third-order valence-electron chi connectivity index (χ3n) is 2.25. The van der Waals surface area contributed by atoms with Crippen molar-refractivity contribution in [3.63, 3.8) is 0 Å². The molecular formula is C10H14N2O4. The van der Waals surface area contributed by atoms with Gasteiger partial charge in [0, 0.05) is 6.54 Å². The highest BCUT2D eigenvalue weighted by atomic mass is 16.6. The normalized spacial score (nSPS) is 19.7. The van der Waals surface area contributed by atoms with Gasteiger partial charge in [0.15, 0.2) is 5.69 Å². The van der Waals surface area contributed by atoms with Crippen molar-refractivity contribution in [2.24, 2.45) is 0 Å². The Balaban J connectivity index is 1.93. The Morgan fingerprint density at radius 3 is 3.31 bits per heavy atom. The molecule has 88 valence electrons. The zero-order chi connectivity index (χ0) is 11.4. The van der Waals surface area contributed by atoms with E-state index in [0.29, 0.717) is 6.61 Å². The van der Waals surface area contributed by atoms with Crippen LogP contribution >= 0.6 is 0 Å². The monoisotopic (exact) mass is 226 g/mol. The topological polar surface area (TPSA) is 73.6 Å². The molecule has 2 rings (SSSR count). The summed E-state index contributed by atoms with van der Waals surface area (Å²) in [4.78, 5) is 15.2. The van der Waals surface area contributed by atoms with Crippen LogP contribution in [0.5, 0.6) is 6.08 Å². The van der Waals surface area contributed by atoms with Crippen LogP contribution in [0.15, 0.2) is 10.7 Å². The van der Waals surface area contributed by atoms with Crippen molar-refractivity contribution >= 4 is 5.97 Å². The molecule has 1 aromatic rings. The van der Waals surface area contributed by atoms with Crippen LogP contribution in [-0.4, -0.2) is 36.8 Å². The van der Waals surface area contributed by atoms with Gasteiger partial charge in [-0.25, -0.2) is 4.79 Å². The minimum absolute atomic E-state index is 0.0636. The van der Waals surface area contributed by atoms with Crippen LogP contribution < -0.4 is 10.1 Å². The van der Waals surface area contributed by atoms with Gasteiger partial charge in [-0.05, 0) is 19.9 Å². The molecule has 6 nitrogen and oxygen atoms in total. The molecular weight excluding hydrogens is 212 g/mol. The van der Waals surface area contributed by atoms with Crippen LogP contribution in [0.25, 0.3) is 0 Å². The second kappa shape index (κ2) is 4.98. The predicted molar refractivity (Wildman–Crippen MR) is 54.4 cm³/mol. The van der Waals surface area contributed by atoms with Gasteiger partial charge in [0.1, 0.15) is 12.4 Å². The Morgan fingerprint density at radius 2 is 2.62 bits per heavy atom. The van der Waals surface area contributed by atoms with Crippen molar-refractivity contribution in [1.82, 2.24) is 10.3 Å². The number of esters is 1. The van der Waals surface area contributed by atoms with Crippen LogP contribution in [0.4, 0.5) is 0 Å². The Hall–Kier alpha value is -1.56. The molecule has 0 aliphatic carbocycles. The lowest BCUT2D eigenvalue weighted by Crippen LogP contribution is -2.19. The molecule has 0 amide bonds. The van der Waals surface area contributed by atoms with E-state index in [2.05, 4.69) is 10.3 Å². The van der Waals surface area contributed by atoms with E-state index in [4.69, 9.17) is 13.9 Å². The minimum Gasteiger partial charge on any atom is -0.461 e. The van der Waals surface area contributed by atoms with E-state index in [1.807, 2.05) is 0 Å². The van der Waals surface area contributed by atoms with Gasteiger partial charge in [0.05, 0.1) is 6.61 Å². The summed E-state index contributed by atoms with van der Waals surface area (Å²) < 4.78 is 15.3. The number of ether oxygens (including phenoxy) is 2. The maximum atomic E-state index is 11.3. The number of hydrogen-bond donors (Lipinski definition) is 1. The van der Waals surface area contributed by atoms with E-state index < -0.39 is 5.97 Å². The maximum absolute atomic E-state index is 11.3. The molecule has 1 saturated heterocycles. The van der Waals surface area contributed by atoms with Gasteiger partial charge in [-0.3, -0.25) is 0 Å². The molecule has 0 saturated carbocycles. The summed E-state index contributed by atoms with van der Waals surface area (Å²) in [6.07, 6.45) is 2.35. The number of carbonyl (C=O) groups is 1. The molecule has 16 heavy (non-hydrogen) atoms. The Labute approximate surface area is 92.9 Å². The van der Waals surface area contributed by atoms with Gasteiger partial charge >= 0.3 is 12.0 Å². The zero-order valence-corrected chi connectivity index (χ0v) is 9.06. The van der Waals surface area contributed by atoms with Gasteiger partial charge in [0.25, 0.3) is 0 Å². The zero-order valence-electron chi connectivity index (χ0n) is 9.06. The second-order valence-electron chi connectivity index (χ2n) is 3.45. The SMILES string of the molecule is CCOC(=O)c1coc(OC2CCNC2)n1. The van der Waals surface area contributed by atoms with E-state index >= 15 is 0 Å². The lowest BCUT2D eigenvalue weighted by atomic mass is 10.3. The first-order chi connectivity index (χ1) is 7.79. The first-order valence-electron chi connectivity index (χ1n) is 5.29. The fraction of sp³-hybridized carbons (Fsp3) is 0.600. The highest BCUT2D eigenvalue weighted by Gasteiger charge is 2.20. The molecule has 0 radical (unpaired) electrons. The smallest absolute Gasteiger partial charge is 0.394 e. The van der Waals surface area contributed by atoms with Crippen LogP contribution in [0.1, 0.15) is 23.8 Å². The van der Waals surface area contributed by atoms with E-state index in [1.54, 1.807) is 6.92 Å². The summed E-state index contributed by atoms with van der Waals surface area (Å²) in [6.45, 7) is 3.75. The number of nitrogens with one attached hydrogen (secondary N) is 1. The molecule has 1 aliphatic heterocycles. The van der Waals surface area contributed by atoms with E-state index in [0.717, 1.165) is 19.5 Å². The van der Waals surface area contributed by atoms with Crippen LogP contribution in [0.3, 0.4) is 0 Å². The van der Waals surface area contributed by atoms with Gasteiger partial charge in [-0.15, -0.1) is 0 Å². The minimum atomic E-state index is -0.495. The van der Waals surface area contributed by atoms with Crippen molar-refractivity contribution in [3.05, 3.63) is 12.0 Å². The summed E-state index contributed by atoms with van der Waals surface area (Å²) in [5.41, 5.74) is 0.141. The van der Waals surface area contributed by atoms with Gasteiger partial charge in [-0.2, -0.15) is 4.98 Å². The maximum Gasteiger partial charge on any atom is 0.394 e. The first-order valence-corrected chi connectivity index (χ1v) is 5.29. The Morgan fingerprint density at radius 1 is 1.75 bits per heavy atom. The molecule has 1 aromatic heterocycles. The van der Waals surface area contributed by atoms with Crippen molar-refractivity contribution < 1.29 is 18.7 Å². The average molecular weight is 226 g/mol. The van der Waals surface area contributed by atoms with Crippen molar-refractivity contribution in [1.29, 1.82) is 0 Å². The van der Waals surface area contributed by atoms with E-state index in [9.17, 15) is 4.79 Å². The van der Waals surface area contributed by atoms with Gasteiger partial charge < -0.3 is 19.2 Å². The lowest BCUT2D eigenvalue weighted by molar-refractivity contribution is 0.0519. The number of oxazole rings is 1. The van der Waals surface area contributed by atoms with Crippen molar-refractivity contribution in [3.8, 4) is 6.08 Å². The fourth-order valence-corrected chi connectivity index (χ4v) is 1.48. The van der Waals surface area contributed by atoms with Crippen LogP contribution in [0.2, 0.25) is 0 Å². The highest BCUT2D eigenvalue weighted by Crippen LogP contribution is 2.15. The van der Waals surface area contributed by atoms with Crippen LogP contribution in [-0.2, 0) is 4.74 Å². The number of nitrogens with zero attached hydrogens (tertiary/aromatic N) is 1. The summed E-state index contributed by atoms with van der Waals surface area (Å²) >= 11 is 0. The molecule has 1 N–H and O–H groups in total. The van der Waals surface area contributed by atoms with Crippen molar-refractivity contribution in [2.75, 3.05) is 19.7 Å². The second-order valence-corrected chi connectivity index (χ2v) is 3.45. The molecule has 1 unspecified atom stereocenters. The average Bonchev–Trinajstić information content (AvgIpc) is 2.90. The quantitative estimate of drug-likeness (QED) is 0.757. The standard InChI is InChI=1S/C10H14N2O4/c1-2-14-9(13)8-6-15-10(12-8)16-7-3-4-11-5-7/h6-7,11H,2-5H2,1H3. The molecule has 0 bridgehead atoms. The Bertz CT molecular complexity index is 357. The molecule has 2 heterocycles. The van der Waals surface area contributed by atoms with Crippen molar-refractivity contribution in [2.45, 2.75) is 19.4 Å². The molecule has 6 heteroatoms. The fourth-order valence-electron chi connectivity index (χ4n) is 1.48. The summed E-state index contributed by atoms with van der Waals surface area (Å²) in [5.74, 6) is -0.495. The van der Waals surface area contributed by atoms with Crippen LogP contribution in [0, 0.1) is 0 Å². The molecule has 0 spiro atoms. The summed E-state index contributed by atoms with van der Waals surface area (Å²) in [7, 11) is 0. The molecule has 1 aliphatic rings. The highest BCUT2D eigenvalue weighted by molar-refractivity contribution is 5.86. The van der Waals surface area contributed by atoms with E-state index in [1.165, 1.54) is 6.26 Å². The molecule has 0 aromatic carbocycles. The summed E-state index contributed by atoms with van der Waals surface area (Å²) in [6, 6.07) is 0. The van der Waals surface area contributed by atoms with Gasteiger partial charge in [0.2, 0.25) is 0 Å². The number of hydrogen-bond acceptors (Lipinski definition) is 6. The summed E-state index contributed by atoms with van der Waals surface area (Å²) in [5, 5.41) is 3.16. The third kappa shape index (κ3) is 2.52. The first kappa shape index (κ1) is 10.9.